The maximum atomic E-state index is 11.5. The van der Waals surface area contributed by atoms with Gasteiger partial charge in [-0.25, -0.2) is 12.7 Å². The lowest BCUT2D eigenvalue weighted by atomic mass is 10.2. The molecule has 9 heteroatoms. The van der Waals surface area contributed by atoms with Gasteiger partial charge < -0.3 is 5.32 Å². The topological polar surface area (TPSA) is 110 Å². The lowest BCUT2D eigenvalue weighted by Crippen LogP contribution is -2.28. The van der Waals surface area contributed by atoms with Crippen molar-refractivity contribution in [3.63, 3.8) is 0 Å². The van der Waals surface area contributed by atoms with Crippen molar-refractivity contribution >= 4 is 27.7 Å². The van der Waals surface area contributed by atoms with Gasteiger partial charge in [-0.15, -0.1) is 0 Å². The second-order valence-corrected chi connectivity index (χ2v) is 6.48. The van der Waals surface area contributed by atoms with Gasteiger partial charge in [0.1, 0.15) is 12.0 Å². The summed E-state index contributed by atoms with van der Waals surface area (Å²) in [5.41, 5.74) is 0.0922. The third-order valence-corrected chi connectivity index (χ3v) is 4.42. The van der Waals surface area contributed by atoms with Crippen LogP contribution in [0.2, 0.25) is 0 Å². The number of nitro benzene ring substituents is 1. The maximum absolute atomic E-state index is 11.5. The normalized spacial score (nSPS) is 11.3. The largest absolute Gasteiger partial charge is 0.378 e. The zero-order valence-corrected chi connectivity index (χ0v) is 11.9. The van der Waals surface area contributed by atoms with Crippen molar-refractivity contribution in [3.8, 4) is 0 Å². The Morgan fingerprint density at radius 3 is 2.55 bits per heavy atom. The zero-order valence-electron chi connectivity index (χ0n) is 11.1. The Hall–Kier alpha value is -2.00. The van der Waals surface area contributed by atoms with Crippen LogP contribution in [0.1, 0.15) is 10.4 Å². The first kappa shape index (κ1) is 16.1. The van der Waals surface area contributed by atoms with E-state index in [0.29, 0.717) is 6.29 Å². The van der Waals surface area contributed by atoms with Crippen LogP contribution in [0.3, 0.4) is 0 Å². The van der Waals surface area contributed by atoms with Crippen LogP contribution in [-0.2, 0) is 10.0 Å². The van der Waals surface area contributed by atoms with Crippen molar-refractivity contribution in [1.82, 2.24) is 4.31 Å². The molecule has 0 aliphatic carbocycles. The summed E-state index contributed by atoms with van der Waals surface area (Å²) in [6.45, 7) is 0.0296. The molecule has 0 heterocycles. The summed E-state index contributed by atoms with van der Waals surface area (Å²) in [7, 11) is -0.543. The van der Waals surface area contributed by atoms with Gasteiger partial charge in [0.2, 0.25) is 10.0 Å². The molecular formula is C11H15N3O5S. The standard InChI is InChI=1S/C11H15N3O5S/c1-13(2)20(18,19)6-5-12-10-4-3-9(8-15)7-11(10)14(16)17/h3-4,7-8,12H,5-6H2,1-2H3. The molecule has 0 aliphatic heterocycles. The van der Waals surface area contributed by atoms with Crippen LogP contribution in [-0.4, -0.2) is 50.3 Å². The number of hydrogen-bond acceptors (Lipinski definition) is 6. The maximum Gasteiger partial charge on any atom is 0.293 e. The van der Waals surface area contributed by atoms with Crippen LogP contribution in [0.15, 0.2) is 18.2 Å². The van der Waals surface area contributed by atoms with Gasteiger partial charge in [-0.05, 0) is 12.1 Å². The molecule has 0 unspecified atom stereocenters. The molecule has 0 saturated carbocycles. The summed E-state index contributed by atoms with van der Waals surface area (Å²) >= 11 is 0. The van der Waals surface area contributed by atoms with Gasteiger partial charge in [-0.1, -0.05) is 0 Å². The van der Waals surface area contributed by atoms with E-state index >= 15 is 0 Å². The molecule has 0 atom stereocenters. The molecule has 0 aliphatic rings. The number of rotatable bonds is 7. The summed E-state index contributed by atoms with van der Waals surface area (Å²) in [5.74, 6) is -0.188. The number of benzene rings is 1. The van der Waals surface area contributed by atoms with E-state index in [-0.39, 0.29) is 29.2 Å². The number of carbonyl (C=O) groups excluding carboxylic acids is 1. The van der Waals surface area contributed by atoms with E-state index in [4.69, 9.17) is 0 Å². The molecule has 0 bridgehead atoms. The minimum Gasteiger partial charge on any atom is -0.378 e. The Morgan fingerprint density at radius 1 is 1.40 bits per heavy atom. The fourth-order valence-corrected chi connectivity index (χ4v) is 2.14. The number of nitrogens with zero attached hydrogens (tertiary/aromatic N) is 2. The Kier molecular flexibility index (Phi) is 5.17. The number of anilines is 1. The Labute approximate surface area is 116 Å². The SMILES string of the molecule is CN(C)S(=O)(=O)CCNc1ccc(C=O)cc1[N+](=O)[O-]. The molecule has 1 rings (SSSR count). The smallest absolute Gasteiger partial charge is 0.293 e. The van der Waals surface area contributed by atoms with Gasteiger partial charge in [0, 0.05) is 32.3 Å². The highest BCUT2D eigenvalue weighted by molar-refractivity contribution is 7.89. The fraction of sp³-hybridized carbons (Fsp3) is 0.364. The third-order valence-electron chi connectivity index (χ3n) is 2.59. The molecule has 0 saturated heterocycles. The van der Waals surface area contributed by atoms with E-state index in [1.165, 1.54) is 26.2 Å². The van der Waals surface area contributed by atoms with E-state index in [1.807, 2.05) is 0 Å². The Bertz CT molecular complexity index is 612. The molecule has 0 radical (unpaired) electrons. The predicted molar refractivity (Wildman–Crippen MR) is 74.4 cm³/mol. The van der Waals surface area contributed by atoms with Crippen molar-refractivity contribution in [1.29, 1.82) is 0 Å². The van der Waals surface area contributed by atoms with Crippen LogP contribution in [0.4, 0.5) is 11.4 Å². The molecule has 1 aromatic carbocycles. The monoisotopic (exact) mass is 301 g/mol. The van der Waals surface area contributed by atoms with Crippen LogP contribution < -0.4 is 5.32 Å². The number of nitro groups is 1. The quantitative estimate of drug-likeness (QED) is 0.451. The number of carbonyl (C=O) groups is 1. The van der Waals surface area contributed by atoms with Gasteiger partial charge in [0.25, 0.3) is 5.69 Å². The average molecular weight is 301 g/mol. The van der Waals surface area contributed by atoms with Gasteiger partial charge in [-0.2, -0.15) is 0 Å². The van der Waals surface area contributed by atoms with E-state index in [0.717, 1.165) is 10.4 Å². The van der Waals surface area contributed by atoms with E-state index in [1.54, 1.807) is 0 Å². The second kappa shape index (κ2) is 6.44. The third kappa shape index (κ3) is 4.00. The zero-order chi connectivity index (χ0) is 15.3. The molecule has 1 N–H and O–H groups in total. The fourth-order valence-electron chi connectivity index (χ4n) is 1.42. The molecule has 110 valence electrons. The van der Waals surface area contributed by atoms with Crippen molar-refractivity contribution in [2.75, 3.05) is 31.7 Å². The highest BCUT2D eigenvalue weighted by atomic mass is 32.2. The second-order valence-electron chi connectivity index (χ2n) is 4.18. The first-order valence-corrected chi connectivity index (χ1v) is 7.26. The van der Waals surface area contributed by atoms with Gasteiger partial charge in [0.15, 0.2) is 0 Å². The number of aldehydes is 1. The summed E-state index contributed by atoms with van der Waals surface area (Å²) in [6.07, 6.45) is 0.507. The average Bonchev–Trinajstić information content (AvgIpc) is 2.38. The van der Waals surface area contributed by atoms with Crippen LogP contribution in [0, 0.1) is 10.1 Å². The van der Waals surface area contributed by atoms with Crippen molar-refractivity contribution in [2.24, 2.45) is 0 Å². The predicted octanol–water partition coefficient (Wildman–Crippen LogP) is 0.711. The molecule has 20 heavy (non-hydrogen) atoms. The minimum atomic E-state index is -3.37. The van der Waals surface area contributed by atoms with E-state index in [2.05, 4.69) is 5.32 Å². The lowest BCUT2D eigenvalue weighted by Gasteiger charge is -2.12. The molecule has 1 aromatic rings. The van der Waals surface area contributed by atoms with Crippen molar-refractivity contribution < 1.29 is 18.1 Å². The van der Waals surface area contributed by atoms with E-state index in [9.17, 15) is 23.3 Å². The number of nitrogens with one attached hydrogen (secondary N) is 1. The summed E-state index contributed by atoms with van der Waals surface area (Å²) in [4.78, 5) is 20.8. The van der Waals surface area contributed by atoms with Gasteiger partial charge >= 0.3 is 0 Å². The highest BCUT2D eigenvalue weighted by Gasteiger charge is 2.16. The van der Waals surface area contributed by atoms with Gasteiger partial charge in [0.05, 0.1) is 10.7 Å². The molecule has 0 aromatic heterocycles. The molecule has 8 nitrogen and oxygen atoms in total. The Morgan fingerprint density at radius 2 is 2.05 bits per heavy atom. The van der Waals surface area contributed by atoms with Gasteiger partial charge in [-0.3, -0.25) is 14.9 Å². The lowest BCUT2D eigenvalue weighted by molar-refractivity contribution is -0.384. The van der Waals surface area contributed by atoms with Crippen LogP contribution >= 0.6 is 0 Å². The Balaban J connectivity index is 2.83. The molecular weight excluding hydrogens is 286 g/mol. The first-order valence-electron chi connectivity index (χ1n) is 5.65. The van der Waals surface area contributed by atoms with E-state index < -0.39 is 14.9 Å². The molecule has 0 spiro atoms. The number of hydrogen-bond donors (Lipinski definition) is 1. The summed E-state index contributed by atoms with van der Waals surface area (Å²) < 4.78 is 24.2. The van der Waals surface area contributed by atoms with Crippen LogP contribution in [0.5, 0.6) is 0 Å². The van der Waals surface area contributed by atoms with Crippen molar-refractivity contribution in [3.05, 3.63) is 33.9 Å². The van der Waals surface area contributed by atoms with Crippen molar-refractivity contribution in [2.45, 2.75) is 0 Å². The summed E-state index contributed by atoms with van der Waals surface area (Å²) in [5, 5.41) is 13.6. The van der Waals surface area contributed by atoms with Crippen LogP contribution in [0.25, 0.3) is 0 Å². The highest BCUT2D eigenvalue weighted by Crippen LogP contribution is 2.24. The molecule has 0 fully saturated rings. The minimum absolute atomic E-state index is 0.0296. The first-order chi connectivity index (χ1) is 9.27. The summed E-state index contributed by atoms with van der Waals surface area (Å²) in [6, 6.07) is 3.93. The number of sulfonamides is 1. The molecule has 0 amide bonds.